The fourth-order valence-electron chi connectivity index (χ4n) is 8.07. The van der Waals surface area contributed by atoms with E-state index in [4.69, 9.17) is 0 Å². The fraction of sp³-hybridized carbons (Fsp3) is 0.209. The summed E-state index contributed by atoms with van der Waals surface area (Å²) in [4.78, 5) is 57.8. The standard InChI is InChI=1S/C43H32I2N2O4/c1-6-7-32(45)21-13-28-37-29(14-21)41(50)26-18-27-36(19-35(26)46(37)33-10-8-20(2)12-24(33)39(28)48)47-34-11-9-22(43(3,4)5)15-25(34)40(49)30-16-23(44)17-31(38(30)47)42(27)51/h8-19,32H,6-7H2,1-5H3. The van der Waals surface area contributed by atoms with Crippen molar-refractivity contribution in [3.05, 3.63) is 134 Å². The average molecular weight is 895 g/mol. The molecule has 0 saturated heterocycles. The van der Waals surface area contributed by atoms with E-state index in [9.17, 15) is 19.2 Å². The molecular weight excluding hydrogens is 862 g/mol. The van der Waals surface area contributed by atoms with Gasteiger partial charge in [0.2, 0.25) is 0 Å². The molecule has 252 valence electrons. The number of benzene rings is 5. The van der Waals surface area contributed by atoms with Gasteiger partial charge in [-0.25, -0.2) is 0 Å². The predicted molar refractivity (Wildman–Crippen MR) is 229 cm³/mol. The predicted octanol–water partition coefficient (Wildman–Crippen LogP) is 9.91. The molecule has 0 bridgehead atoms. The van der Waals surface area contributed by atoms with Gasteiger partial charge in [0.25, 0.3) is 0 Å². The SMILES string of the molecule is CCCC(I)c1cc2c(=O)c3cc(C)ccc3n3c4cc5c(cc4c(=O)c(c1)c23)c(=O)c1cc(I)cc2c(=O)c3cc(C(C)(C)C)ccc3n5c21. The topological polar surface area (TPSA) is 77.1 Å². The second kappa shape index (κ2) is 11.2. The van der Waals surface area contributed by atoms with Gasteiger partial charge in [0.15, 0.2) is 21.7 Å². The van der Waals surface area contributed by atoms with Crippen LogP contribution in [0.15, 0.2) is 92.0 Å². The molecule has 1 atom stereocenters. The number of alkyl halides is 1. The van der Waals surface area contributed by atoms with Crippen LogP contribution >= 0.6 is 45.2 Å². The zero-order chi connectivity index (χ0) is 35.8. The van der Waals surface area contributed by atoms with Crippen molar-refractivity contribution in [3.8, 4) is 0 Å². The highest BCUT2D eigenvalue weighted by molar-refractivity contribution is 14.1. The molecule has 5 aromatic carbocycles. The van der Waals surface area contributed by atoms with Crippen LogP contribution in [0.4, 0.5) is 0 Å². The molecule has 51 heavy (non-hydrogen) atoms. The van der Waals surface area contributed by atoms with Gasteiger partial charge in [-0.2, -0.15) is 0 Å². The Bertz CT molecular complexity index is 3270. The third-order valence-corrected chi connectivity index (χ3v) is 12.6. The minimum atomic E-state index is -0.227. The molecule has 0 aliphatic heterocycles. The Morgan fingerprint density at radius 1 is 0.588 bits per heavy atom. The number of hydrogen-bond donors (Lipinski definition) is 0. The molecule has 4 heterocycles. The molecule has 0 saturated carbocycles. The van der Waals surface area contributed by atoms with E-state index in [1.165, 1.54) is 0 Å². The van der Waals surface area contributed by atoms with Crippen molar-refractivity contribution in [1.29, 1.82) is 0 Å². The summed E-state index contributed by atoms with van der Waals surface area (Å²) in [5.74, 6) is 0. The van der Waals surface area contributed by atoms with E-state index < -0.39 is 0 Å². The monoisotopic (exact) mass is 894 g/mol. The lowest BCUT2D eigenvalue weighted by Gasteiger charge is -2.21. The van der Waals surface area contributed by atoms with Crippen molar-refractivity contribution < 1.29 is 0 Å². The summed E-state index contributed by atoms with van der Waals surface area (Å²) in [6.45, 7) is 10.5. The number of fused-ring (bicyclic) bond motifs is 8. The second-order valence-corrected chi connectivity index (χ2v) is 17.7. The Morgan fingerprint density at radius 3 is 1.57 bits per heavy atom. The van der Waals surface area contributed by atoms with E-state index in [1.54, 1.807) is 6.07 Å². The minimum Gasteiger partial charge on any atom is -0.307 e. The fourth-order valence-corrected chi connectivity index (χ4v) is 9.68. The number of rotatable bonds is 3. The van der Waals surface area contributed by atoms with Crippen LogP contribution in [0.1, 0.15) is 61.2 Å². The third kappa shape index (κ3) is 4.57. The van der Waals surface area contributed by atoms with Gasteiger partial charge in [0, 0.05) is 50.6 Å². The van der Waals surface area contributed by atoms with Crippen LogP contribution in [0.25, 0.3) is 76.2 Å². The van der Waals surface area contributed by atoms with Crippen molar-refractivity contribution >= 4 is 121 Å². The molecule has 0 aliphatic carbocycles. The van der Waals surface area contributed by atoms with Crippen LogP contribution in [0.2, 0.25) is 0 Å². The molecule has 0 amide bonds. The molecular formula is C43H32I2N2O4. The number of aromatic nitrogens is 2. The summed E-state index contributed by atoms with van der Waals surface area (Å²) in [5.41, 5.74) is 5.85. The third-order valence-electron chi connectivity index (χ3n) is 10.6. The number of nitrogens with zero attached hydrogens (tertiary/aromatic N) is 2. The average Bonchev–Trinajstić information content (AvgIpc) is 3.10. The maximum atomic E-state index is 14.7. The lowest BCUT2D eigenvalue weighted by atomic mass is 9.86. The minimum absolute atomic E-state index is 0.0983. The molecule has 0 radical (unpaired) electrons. The first kappa shape index (κ1) is 32.7. The van der Waals surface area contributed by atoms with Gasteiger partial charge in [-0.1, -0.05) is 74.4 Å². The lowest BCUT2D eigenvalue weighted by Crippen LogP contribution is -2.18. The van der Waals surface area contributed by atoms with Crippen molar-refractivity contribution in [2.45, 2.75) is 56.8 Å². The summed E-state index contributed by atoms with van der Waals surface area (Å²) < 4.78 is 4.98. The summed E-state index contributed by atoms with van der Waals surface area (Å²) in [6.07, 6.45) is 1.88. The summed E-state index contributed by atoms with van der Waals surface area (Å²) in [5, 5.41) is 3.85. The van der Waals surface area contributed by atoms with E-state index in [0.29, 0.717) is 76.2 Å². The quantitative estimate of drug-likeness (QED) is 0.0767. The molecule has 9 aromatic rings. The molecule has 6 nitrogen and oxygen atoms in total. The summed E-state index contributed by atoms with van der Waals surface area (Å²) >= 11 is 4.57. The van der Waals surface area contributed by atoms with Gasteiger partial charge in [-0.3, -0.25) is 19.2 Å². The molecule has 0 N–H and O–H groups in total. The number of hydrogen-bond acceptors (Lipinski definition) is 4. The first-order valence-electron chi connectivity index (χ1n) is 17.2. The van der Waals surface area contributed by atoms with E-state index in [1.807, 2.05) is 76.4 Å². The maximum Gasteiger partial charge on any atom is 0.197 e. The summed E-state index contributed by atoms with van der Waals surface area (Å²) in [6, 6.07) is 23.1. The Labute approximate surface area is 318 Å². The molecule has 9 rings (SSSR count). The van der Waals surface area contributed by atoms with E-state index in [2.05, 4.69) is 78.9 Å². The van der Waals surface area contributed by atoms with Crippen molar-refractivity contribution in [3.63, 3.8) is 0 Å². The van der Waals surface area contributed by atoms with Crippen LogP contribution in [-0.2, 0) is 5.41 Å². The lowest BCUT2D eigenvalue weighted by molar-refractivity contribution is 0.591. The van der Waals surface area contributed by atoms with Crippen LogP contribution in [0, 0.1) is 10.5 Å². The number of pyridine rings is 4. The number of halogens is 2. The van der Waals surface area contributed by atoms with E-state index >= 15 is 0 Å². The van der Waals surface area contributed by atoms with E-state index in [-0.39, 0.29) is 31.1 Å². The van der Waals surface area contributed by atoms with Crippen LogP contribution in [-0.4, -0.2) is 8.80 Å². The van der Waals surface area contributed by atoms with Gasteiger partial charge < -0.3 is 8.80 Å². The van der Waals surface area contributed by atoms with Crippen molar-refractivity contribution in [2.24, 2.45) is 0 Å². The smallest absolute Gasteiger partial charge is 0.197 e. The number of aryl methyl sites for hydroxylation is 1. The van der Waals surface area contributed by atoms with Gasteiger partial charge in [-0.05, 0) is 113 Å². The van der Waals surface area contributed by atoms with Gasteiger partial charge in [0.05, 0.1) is 33.1 Å². The molecule has 0 aliphatic rings. The van der Waals surface area contributed by atoms with Gasteiger partial charge in [-0.15, -0.1) is 0 Å². The van der Waals surface area contributed by atoms with Crippen LogP contribution in [0.3, 0.4) is 0 Å². The first-order valence-corrected chi connectivity index (χ1v) is 19.5. The molecule has 4 aromatic heterocycles. The largest absolute Gasteiger partial charge is 0.307 e. The molecule has 1 unspecified atom stereocenters. The second-order valence-electron chi connectivity index (χ2n) is 14.9. The first-order chi connectivity index (χ1) is 24.3. The molecule has 0 spiro atoms. The zero-order valence-electron chi connectivity index (χ0n) is 28.7. The Morgan fingerprint density at radius 2 is 1.06 bits per heavy atom. The van der Waals surface area contributed by atoms with Crippen molar-refractivity contribution in [1.82, 2.24) is 8.80 Å². The summed E-state index contributed by atoms with van der Waals surface area (Å²) in [7, 11) is 0. The normalized spacial score (nSPS) is 13.4. The maximum absolute atomic E-state index is 14.7. The van der Waals surface area contributed by atoms with Crippen LogP contribution in [0.5, 0.6) is 0 Å². The highest BCUT2D eigenvalue weighted by atomic mass is 127. The van der Waals surface area contributed by atoms with Crippen molar-refractivity contribution in [2.75, 3.05) is 0 Å². The molecule has 0 fully saturated rings. The van der Waals surface area contributed by atoms with Crippen LogP contribution < -0.4 is 21.7 Å². The highest BCUT2D eigenvalue weighted by Crippen LogP contribution is 2.36. The molecule has 8 heteroatoms. The van der Waals surface area contributed by atoms with E-state index in [0.717, 1.165) is 33.1 Å². The highest BCUT2D eigenvalue weighted by Gasteiger charge is 2.24. The zero-order valence-corrected chi connectivity index (χ0v) is 33.0. The van der Waals surface area contributed by atoms with Gasteiger partial charge >= 0.3 is 0 Å². The Kier molecular flexibility index (Phi) is 7.17. The van der Waals surface area contributed by atoms with Gasteiger partial charge in [0.1, 0.15) is 0 Å². The Hall–Kier alpha value is -4.16. The Balaban J connectivity index is 1.59.